The van der Waals surface area contributed by atoms with Crippen molar-refractivity contribution in [2.24, 2.45) is 5.92 Å². The molecule has 1 aliphatic heterocycles. The third kappa shape index (κ3) is 5.74. The zero-order chi connectivity index (χ0) is 23.2. The maximum atomic E-state index is 13.0. The highest BCUT2D eigenvalue weighted by atomic mass is 127. The Morgan fingerprint density at radius 2 is 2.03 bits per heavy atom. The minimum Gasteiger partial charge on any atom is -0.459 e. The highest BCUT2D eigenvalue weighted by Gasteiger charge is 2.37. The Kier molecular flexibility index (Phi) is 8.00. The summed E-state index contributed by atoms with van der Waals surface area (Å²) in [7, 11) is 0. The van der Waals surface area contributed by atoms with Crippen molar-refractivity contribution < 1.29 is 19.4 Å². The van der Waals surface area contributed by atoms with Gasteiger partial charge in [0, 0.05) is 28.6 Å². The van der Waals surface area contributed by atoms with E-state index in [2.05, 4.69) is 62.1 Å². The number of nitrogens with zero attached hydrogens (tertiary/aromatic N) is 1. The zero-order valence-electron chi connectivity index (χ0n) is 18.5. The van der Waals surface area contributed by atoms with Crippen molar-refractivity contribution in [3.05, 3.63) is 75.3 Å². The van der Waals surface area contributed by atoms with E-state index >= 15 is 0 Å². The van der Waals surface area contributed by atoms with E-state index in [1.807, 2.05) is 37.3 Å². The number of para-hydroxylation sites is 2. The minimum absolute atomic E-state index is 0.0101. The number of imidazole rings is 1. The fourth-order valence-corrected chi connectivity index (χ4v) is 4.53. The first-order valence-corrected chi connectivity index (χ1v) is 12.2. The molecule has 0 unspecified atom stereocenters. The Morgan fingerprint density at radius 3 is 2.76 bits per heavy atom. The molecular formula is C25H28IN3O4. The van der Waals surface area contributed by atoms with Crippen LogP contribution in [-0.4, -0.2) is 40.5 Å². The van der Waals surface area contributed by atoms with E-state index in [0.29, 0.717) is 18.9 Å². The first-order chi connectivity index (χ1) is 16.1. The first kappa shape index (κ1) is 23.7. The van der Waals surface area contributed by atoms with Crippen molar-refractivity contribution >= 4 is 39.5 Å². The average molecular weight is 561 g/mol. The third-order valence-corrected chi connectivity index (χ3v) is 6.46. The summed E-state index contributed by atoms with van der Waals surface area (Å²) in [6.45, 7) is 2.73. The number of fused-ring (bicyclic) bond motifs is 1. The molecule has 33 heavy (non-hydrogen) atoms. The van der Waals surface area contributed by atoms with Crippen molar-refractivity contribution in [2.75, 3.05) is 13.2 Å². The van der Waals surface area contributed by atoms with Gasteiger partial charge in [0.15, 0.2) is 5.76 Å². The Hall–Kier alpha value is -2.43. The predicted octanol–water partition coefficient (Wildman–Crippen LogP) is 4.23. The molecule has 0 bridgehead atoms. The van der Waals surface area contributed by atoms with Crippen LogP contribution in [0.4, 0.5) is 0 Å². The summed E-state index contributed by atoms with van der Waals surface area (Å²) in [5.74, 6) is 0.539. The Balaban J connectivity index is 1.56. The summed E-state index contributed by atoms with van der Waals surface area (Å²) >= 11 is 2.28. The topological polar surface area (TPSA) is 96.5 Å². The van der Waals surface area contributed by atoms with Crippen LogP contribution in [0.25, 0.3) is 11.0 Å². The van der Waals surface area contributed by atoms with Crippen LogP contribution in [0.3, 0.4) is 0 Å². The van der Waals surface area contributed by atoms with Crippen LogP contribution in [-0.2, 0) is 20.8 Å². The van der Waals surface area contributed by atoms with Crippen molar-refractivity contribution in [3.63, 3.8) is 0 Å². The molecule has 0 fully saturated rings. The molecule has 0 saturated heterocycles. The lowest BCUT2D eigenvalue weighted by atomic mass is 9.80. The van der Waals surface area contributed by atoms with Gasteiger partial charge in [-0.15, -0.1) is 0 Å². The molecule has 0 spiro atoms. The number of nitrogens with one attached hydrogen (secondary N) is 2. The Labute approximate surface area is 206 Å². The number of benzene rings is 2. The second kappa shape index (κ2) is 11.1. The summed E-state index contributed by atoms with van der Waals surface area (Å²) in [6.07, 6.45) is 2.68. The molecule has 1 aromatic heterocycles. The SMILES string of the molecule is CCO[C@@H]1OC(C(=O)NCc2nc3ccccc3[nH]2)=C[C@H](c2ccc(I)cc2)[C@H]1CCCO. The van der Waals surface area contributed by atoms with Crippen LogP contribution in [0.5, 0.6) is 0 Å². The monoisotopic (exact) mass is 561 g/mol. The third-order valence-electron chi connectivity index (χ3n) is 5.74. The predicted molar refractivity (Wildman–Crippen MR) is 134 cm³/mol. The number of rotatable bonds is 9. The molecular weight excluding hydrogens is 533 g/mol. The summed E-state index contributed by atoms with van der Waals surface area (Å²) < 4.78 is 13.1. The average Bonchev–Trinajstić information content (AvgIpc) is 3.25. The number of allylic oxidation sites excluding steroid dienone is 1. The molecule has 0 saturated carbocycles. The number of aromatic nitrogens is 2. The van der Waals surface area contributed by atoms with Gasteiger partial charge in [0.1, 0.15) is 5.82 Å². The molecule has 0 radical (unpaired) electrons. The van der Waals surface area contributed by atoms with Gasteiger partial charge in [0.25, 0.3) is 5.91 Å². The van der Waals surface area contributed by atoms with Crippen LogP contribution < -0.4 is 5.32 Å². The van der Waals surface area contributed by atoms with E-state index in [4.69, 9.17) is 9.47 Å². The van der Waals surface area contributed by atoms with Gasteiger partial charge in [-0.2, -0.15) is 0 Å². The quantitative estimate of drug-likeness (QED) is 0.340. The van der Waals surface area contributed by atoms with Gasteiger partial charge < -0.3 is 24.9 Å². The van der Waals surface area contributed by atoms with Crippen LogP contribution in [0.1, 0.15) is 37.1 Å². The lowest BCUT2D eigenvalue weighted by Crippen LogP contribution is -2.39. The Bertz CT molecular complexity index is 1080. The fourth-order valence-electron chi connectivity index (χ4n) is 4.17. The van der Waals surface area contributed by atoms with E-state index in [0.717, 1.165) is 26.6 Å². The van der Waals surface area contributed by atoms with E-state index in [-0.39, 0.29) is 36.7 Å². The number of aromatic amines is 1. The molecule has 1 amide bonds. The highest BCUT2D eigenvalue weighted by Crippen LogP contribution is 2.39. The summed E-state index contributed by atoms with van der Waals surface area (Å²) in [5, 5.41) is 12.3. The lowest BCUT2D eigenvalue weighted by molar-refractivity contribution is -0.166. The molecule has 3 aromatic rings. The first-order valence-electron chi connectivity index (χ1n) is 11.2. The lowest BCUT2D eigenvalue weighted by Gasteiger charge is -2.37. The number of aliphatic hydroxyl groups is 1. The smallest absolute Gasteiger partial charge is 0.286 e. The van der Waals surface area contributed by atoms with E-state index in [1.165, 1.54) is 0 Å². The second-order valence-electron chi connectivity index (χ2n) is 7.96. The Morgan fingerprint density at radius 1 is 1.24 bits per heavy atom. The summed E-state index contributed by atoms with van der Waals surface area (Å²) in [4.78, 5) is 20.8. The molecule has 2 aromatic carbocycles. The van der Waals surface area contributed by atoms with Crippen LogP contribution >= 0.6 is 22.6 Å². The molecule has 7 nitrogen and oxygen atoms in total. The van der Waals surface area contributed by atoms with Gasteiger partial charge in [-0.25, -0.2) is 4.98 Å². The van der Waals surface area contributed by atoms with Crippen molar-refractivity contribution in [1.29, 1.82) is 0 Å². The highest BCUT2D eigenvalue weighted by molar-refractivity contribution is 14.1. The minimum atomic E-state index is -0.567. The molecule has 4 rings (SSSR count). The van der Waals surface area contributed by atoms with Gasteiger partial charge in [-0.05, 0) is 78.3 Å². The number of carbonyl (C=O) groups is 1. The zero-order valence-corrected chi connectivity index (χ0v) is 20.6. The molecule has 0 aliphatic carbocycles. The number of halogens is 1. The molecule has 174 valence electrons. The van der Waals surface area contributed by atoms with Crippen LogP contribution in [0.2, 0.25) is 0 Å². The molecule has 3 atom stereocenters. The van der Waals surface area contributed by atoms with Gasteiger partial charge in [0.05, 0.1) is 17.6 Å². The molecule has 8 heteroatoms. The molecule has 1 aliphatic rings. The largest absolute Gasteiger partial charge is 0.459 e. The van der Waals surface area contributed by atoms with Crippen molar-refractivity contribution in [1.82, 2.24) is 15.3 Å². The van der Waals surface area contributed by atoms with Crippen molar-refractivity contribution in [2.45, 2.75) is 38.5 Å². The van der Waals surface area contributed by atoms with E-state index in [1.54, 1.807) is 0 Å². The van der Waals surface area contributed by atoms with E-state index in [9.17, 15) is 9.90 Å². The number of H-pyrrole nitrogens is 1. The van der Waals surface area contributed by atoms with Gasteiger partial charge in [-0.3, -0.25) is 4.79 Å². The van der Waals surface area contributed by atoms with Crippen molar-refractivity contribution in [3.8, 4) is 0 Å². The normalized spacial score (nSPS) is 20.3. The number of hydrogen-bond donors (Lipinski definition) is 3. The van der Waals surface area contributed by atoms with Gasteiger partial charge in [-0.1, -0.05) is 24.3 Å². The van der Waals surface area contributed by atoms with E-state index < -0.39 is 6.29 Å². The van der Waals surface area contributed by atoms with Crippen LogP contribution in [0.15, 0.2) is 60.4 Å². The number of aliphatic hydroxyl groups excluding tert-OH is 1. The molecule has 2 heterocycles. The van der Waals surface area contributed by atoms with Gasteiger partial charge >= 0.3 is 0 Å². The number of amides is 1. The second-order valence-corrected chi connectivity index (χ2v) is 9.21. The standard InChI is InChI=1S/C25H28IN3O4/c1-2-32-25-18(6-5-13-30)19(16-9-11-17(26)12-10-16)14-22(33-25)24(31)27-15-23-28-20-7-3-4-8-21(20)29-23/h3-4,7-12,14,18-19,25,30H,2,5-6,13,15H2,1H3,(H,27,31)(H,28,29)/t18-,19-,25-/m1/s1. The summed E-state index contributed by atoms with van der Waals surface area (Å²) in [6, 6.07) is 16.0. The number of ether oxygens (including phenoxy) is 2. The number of carbonyl (C=O) groups excluding carboxylic acids is 1. The van der Waals surface area contributed by atoms with Gasteiger partial charge in [0.2, 0.25) is 6.29 Å². The maximum Gasteiger partial charge on any atom is 0.286 e. The number of hydrogen-bond acceptors (Lipinski definition) is 5. The summed E-state index contributed by atoms with van der Waals surface area (Å²) in [5.41, 5.74) is 2.88. The molecule has 3 N–H and O–H groups in total. The fraction of sp³-hybridized carbons (Fsp3) is 0.360. The van der Waals surface area contributed by atoms with Crippen LogP contribution in [0, 0.1) is 9.49 Å². The maximum absolute atomic E-state index is 13.0.